The predicted octanol–water partition coefficient (Wildman–Crippen LogP) is 6.25. The number of pyridine rings is 2. The van der Waals surface area contributed by atoms with Crippen molar-refractivity contribution in [1.82, 2.24) is 18.9 Å². The molecule has 11 nitrogen and oxygen atoms in total. The monoisotopic (exact) mass is 823 g/mol. The summed E-state index contributed by atoms with van der Waals surface area (Å²) in [7, 11) is 7.15. The number of aromatic nitrogens is 2. The van der Waals surface area contributed by atoms with Gasteiger partial charge in [-0.15, -0.1) is 0 Å². The Hall–Kier alpha value is -4.57. The minimum absolute atomic E-state index is 0.0799. The number of carbonyl (C=O) groups excluding carboxylic acids is 2. The van der Waals surface area contributed by atoms with Gasteiger partial charge < -0.3 is 28.4 Å². The van der Waals surface area contributed by atoms with Crippen molar-refractivity contribution in [3.05, 3.63) is 125 Å². The Labute approximate surface area is 328 Å². The van der Waals surface area contributed by atoms with Crippen LogP contribution in [0.25, 0.3) is 0 Å². The Morgan fingerprint density at radius 2 is 1.28 bits per heavy atom. The molecular weight excluding hydrogens is 783 g/mol. The quantitative estimate of drug-likeness (QED) is 0.182. The Balaban J connectivity index is 0.000000185. The number of aryl methyl sites for hydroxylation is 1. The van der Waals surface area contributed by atoms with Gasteiger partial charge in [0.15, 0.2) is 22.9 Å². The van der Waals surface area contributed by atoms with Gasteiger partial charge in [-0.05, 0) is 77.0 Å². The van der Waals surface area contributed by atoms with Crippen LogP contribution in [0.4, 0.5) is 8.78 Å². The minimum atomic E-state index is -0.308. The van der Waals surface area contributed by atoms with Crippen LogP contribution in [0.2, 0.25) is 0 Å². The van der Waals surface area contributed by atoms with Crippen molar-refractivity contribution in [2.75, 3.05) is 27.3 Å². The molecule has 283 valence electrons. The number of carbonyl (C=O) groups is 2. The van der Waals surface area contributed by atoms with Crippen molar-refractivity contribution in [1.29, 1.82) is 0 Å². The van der Waals surface area contributed by atoms with Crippen molar-refractivity contribution in [3.63, 3.8) is 0 Å². The van der Waals surface area contributed by atoms with Gasteiger partial charge >= 0.3 is 24.8 Å². The molecule has 0 aliphatic carbocycles. The maximum absolute atomic E-state index is 13.1. The molecule has 8 rings (SSSR count). The van der Waals surface area contributed by atoms with E-state index in [4.69, 9.17) is 10.8 Å². The van der Waals surface area contributed by atoms with E-state index >= 15 is 0 Å². The summed E-state index contributed by atoms with van der Waals surface area (Å²) in [4.78, 5) is 54.2. The zero-order chi connectivity index (χ0) is 40.0. The molecule has 54 heavy (non-hydrogen) atoms. The van der Waals surface area contributed by atoms with Gasteiger partial charge in [-0.3, -0.25) is 19.2 Å². The van der Waals surface area contributed by atoms with Crippen molar-refractivity contribution in [3.8, 4) is 11.5 Å². The van der Waals surface area contributed by atoms with Crippen LogP contribution in [0.1, 0.15) is 83.6 Å². The van der Waals surface area contributed by atoms with Crippen LogP contribution in [0.5, 0.6) is 11.5 Å². The summed E-state index contributed by atoms with van der Waals surface area (Å²) in [5.41, 5.74) is 3.58. The molecule has 2 atom stereocenters. The molecule has 2 amide bonds. The van der Waals surface area contributed by atoms with Gasteiger partial charge in [0.25, 0.3) is 11.8 Å². The summed E-state index contributed by atoms with van der Waals surface area (Å²) in [6.45, 7) is 4.20. The average molecular weight is 825 g/mol. The molecule has 2 aromatic heterocycles. The maximum atomic E-state index is 13.1. The number of thiol groups is 1. The summed E-state index contributed by atoms with van der Waals surface area (Å²) < 4.78 is 50.0. The van der Waals surface area contributed by atoms with Crippen LogP contribution in [0, 0.1) is 11.6 Å². The summed E-state index contributed by atoms with van der Waals surface area (Å²) in [6.07, 6.45) is 3.29. The molecule has 1 radical (unpaired) electrons. The summed E-state index contributed by atoms with van der Waals surface area (Å²) in [5, 5.41) is 0. The standard InChI is InChI=1S/C18H16BrFN2O3.C18H17FN2O3.C2H6.BHNS/c1-25-17-15-18(24)21(8-10-2-4-11(20)5-3-10)9-12-6-7-13(22(12)15)14(19)16(17)23;1-24-17-15(22)8-13-6-7-14-10-20(18(23)16(17)21(13)14)9-11-2-4-12(19)5-3-11;1-2;1-2-3/h2-5,12H,6-9H2,1H3;2-5,8,14H,6-7,9-10H2,1H3;1-2H3;3H/i;;1D;. The van der Waals surface area contributed by atoms with Gasteiger partial charge in [0.2, 0.25) is 10.9 Å². The molecule has 6 heterocycles. The average Bonchev–Trinajstić information content (AvgIpc) is 3.78. The van der Waals surface area contributed by atoms with Crippen LogP contribution in [-0.2, 0) is 25.9 Å². The van der Waals surface area contributed by atoms with Gasteiger partial charge in [-0.25, -0.2) is 8.78 Å². The fraction of sp³-hybridized carbons (Fsp3) is 0.368. The normalized spacial score (nSPS) is 17.4. The predicted molar refractivity (Wildman–Crippen MR) is 208 cm³/mol. The molecule has 4 aromatic rings. The second-order valence-corrected chi connectivity index (χ2v) is 13.7. The molecule has 2 aromatic carbocycles. The van der Waals surface area contributed by atoms with Gasteiger partial charge in [-0.2, -0.15) is 0 Å². The van der Waals surface area contributed by atoms with Crippen molar-refractivity contribution in [2.45, 2.75) is 64.7 Å². The van der Waals surface area contributed by atoms with Gasteiger partial charge in [0, 0.05) is 45.0 Å². The molecule has 2 unspecified atom stereocenters. The van der Waals surface area contributed by atoms with Crippen LogP contribution >= 0.6 is 28.7 Å². The third-order valence-corrected chi connectivity index (χ3v) is 10.5. The molecule has 0 saturated carbocycles. The number of halogens is 3. The molecule has 0 spiro atoms. The third kappa shape index (κ3) is 7.95. The number of rotatable bonds is 6. The molecule has 4 aliphatic rings. The van der Waals surface area contributed by atoms with Crippen LogP contribution in [0.15, 0.2) is 73.0 Å². The zero-order valence-corrected chi connectivity index (χ0v) is 32.5. The van der Waals surface area contributed by atoms with E-state index in [9.17, 15) is 28.0 Å². The topological polar surface area (TPSA) is 115 Å². The molecule has 4 aliphatic heterocycles. The first-order valence-electron chi connectivity index (χ1n) is 17.9. The number of methoxy groups -OCH3 is 2. The molecule has 0 saturated heterocycles. The molecule has 0 fully saturated rings. The third-order valence-electron chi connectivity index (χ3n) is 9.69. The van der Waals surface area contributed by atoms with Gasteiger partial charge in [0.05, 0.1) is 30.8 Å². The summed E-state index contributed by atoms with van der Waals surface area (Å²) in [5.74, 6) is -0.866. The van der Waals surface area contributed by atoms with E-state index in [-0.39, 0.29) is 57.9 Å². The second-order valence-electron chi connectivity index (χ2n) is 12.7. The van der Waals surface area contributed by atoms with E-state index in [2.05, 4.69) is 40.7 Å². The number of amides is 2. The molecular formula is C38H40BBrF2N5O6S. The Bertz CT molecular complexity index is 2190. The number of nitrogens with zero attached hydrogens (tertiary/aromatic N) is 5. The van der Waals surface area contributed by atoms with E-state index in [0.717, 1.165) is 48.2 Å². The van der Waals surface area contributed by atoms with E-state index < -0.39 is 0 Å². The van der Waals surface area contributed by atoms with Crippen LogP contribution in [-0.4, -0.2) is 65.7 Å². The second kappa shape index (κ2) is 17.7. The number of ether oxygens (including phenoxy) is 2. The fourth-order valence-corrected chi connectivity index (χ4v) is 8.03. The SMILES string of the molecule is COc1c2n3c(c(Br)c1=O)CCC3CN(Cc1ccc(F)cc1)C2=O.COc1c2n3c(cc1=O)CCC3CN(Cc1ccc(F)cc1)C2=O.[2H]CC.[B]=NS. The Morgan fingerprint density at radius 1 is 0.833 bits per heavy atom. The van der Waals surface area contributed by atoms with Crippen molar-refractivity contribution in [2.24, 2.45) is 4.30 Å². The first-order chi connectivity index (χ1) is 26.4. The van der Waals surface area contributed by atoms with Gasteiger partial charge in [-0.1, -0.05) is 38.1 Å². The van der Waals surface area contributed by atoms with E-state index in [0.29, 0.717) is 48.9 Å². The Kier molecular flexibility index (Phi) is 12.8. The number of hydrogen-bond donors (Lipinski definition) is 1. The number of hydrogen-bond acceptors (Lipinski definition) is 8. The number of benzene rings is 2. The summed E-state index contributed by atoms with van der Waals surface area (Å²) >= 11 is 6.55. The van der Waals surface area contributed by atoms with E-state index in [1.165, 1.54) is 38.5 Å². The molecule has 0 N–H and O–H groups in total. The van der Waals surface area contributed by atoms with Gasteiger partial charge in [0.1, 0.15) is 11.6 Å². The molecule has 0 bridgehead atoms. The van der Waals surface area contributed by atoms with Crippen LogP contribution < -0.4 is 20.3 Å². The first kappa shape index (κ1) is 39.1. The first-order valence-corrected chi connectivity index (χ1v) is 18.4. The fourth-order valence-electron chi connectivity index (χ4n) is 7.46. The Morgan fingerprint density at radius 3 is 1.76 bits per heavy atom. The summed E-state index contributed by atoms with van der Waals surface area (Å²) in [6, 6.07) is 14.1. The van der Waals surface area contributed by atoms with Crippen molar-refractivity contribution < 1.29 is 29.2 Å². The van der Waals surface area contributed by atoms with E-state index in [1.54, 1.807) is 47.1 Å². The van der Waals surface area contributed by atoms with Crippen molar-refractivity contribution >= 4 is 48.2 Å². The zero-order valence-electron chi connectivity index (χ0n) is 31.1. The van der Waals surface area contributed by atoms with Crippen LogP contribution in [0.3, 0.4) is 0 Å². The van der Waals surface area contributed by atoms with E-state index in [1.807, 2.05) is 9.13 Å². The molecule has 16 heteroatoms.